The Morgan fingerprint density at radius 2 is 1.62 bits per heavy atom. The molecule has 0 N–H and O–H groups in total. The minimum Gasteiger partial charge on any atom is -0.455 e. The van der Waals surface area contributed by atoms with Crippen molar-refractivity contribution in [3.8, 4) is 0 Å². The molecule has 0 spiro atoms. The van der Waals surface area contributed by atoms with E-state index in [0.717, 1.165) is 50.0 Å². The largest absolute Gasteiger partial charge is 0.455 e. The van der Waals surface area contributed by atoms with Gasteiger partial charge in [-0.1, -0.05) is 0 Å². The van der Waals surface area contributed by atoms with Gasteiger partial charge in [0.2, 0.25) is 5.76 Å². The zero-order valence-electron chi connectivity index (χ0n) is 9.33. The third-order valence-corrected chi connectivity index (χ3v) is 2.70. The molecule has 0 saturated carbocycles. The van der Waals surface area contributed by atoms with Crippen molar-refractivity contribution in [1.29, 1.82) is 0 Å². The van der Waals surface area contributed by atoms with Crippen LogP contribution in [-0.4, -0.2) is 5.97 Å². The molecular weight excluding hydrogens is 204 g/mol. The first-order valence-electron chi connectivity index (χ1n) is 5.73. The fourth-order valence-corrected chi connectivity index (χ4v) is 1.84. The summed E-state index contributed by atoms with van der Waals surface area (Å²) in [7, 11) is 0. The summed E-state index contributed by atoms with van der Waals surface area (Å²) in [4.78, 5) is 11.6. The van der Waals surface area contributed by atoms with Crippen LogP contribution in [0.5, 0.6) is 0 Å². The normalized spacial score (nSPS) is 19.0. The Hall–Kier alpha value is -1.51. The van der Waals surface area contributed by atoms with E-state index in [4.69, 9.17) is 9.47 Å². The highest BCUT2D eigenvalue weighted by Crippen LogP contribution is 2.23. The fraction of sp³-hybridized carbons (Fsp3) is 0.462. The van der Waals surface area contributed by atoms with Crippen molar-refractivity contribution in [2.75, 3.05) is 0 Å². The van der Waals surface area contributed by atoms with Gasteiger partial charge in [0, 0.05) is 12.8 Å². The molecule has 0 aromatic carbocycles. The lowest BCUT2D eigenvalue weighted by Crippen LogP contribution is -2.08. The van der Waals surface area contributed by atoms with Crippen LogP contribution in [0.2, 0.25) is 0 Å². The number of carbonyl (C=O) groups excluding carboxylic acids is 1. The number of rotatable bonds is 4. The Labute approximate surface area is 95.4 Å². The van der Waals surface area contributed by atoms with Gasteiger partial charge < -0.3 is 9.47 Å². The van der Waals surface area contributed by atoms with E-state index in [2.05, 4.69) is 6.58 Å². The predicted molar refractivity (Wildman–Crippen MR) is 60.2 cm³/mol. The van der Waals surface area contributed by atoms with E-state index < -0.39 is 5.97 Å². The molecule has 3 heteroatoms. The van der Waals surface area contributed by atoms with Gasteiger partial charge in [-0.25, -0.2) is 4.79 Å². The molecule has 0 aromatic heterocycles. The highest BCUT2D eigenvalue weighted by Gasteiger charge is 2.17. The molecule has 2 rings (SSSR count). The second-order valence-corrected chi connectivity index (χ2v) is 4.04. The van der Waals surface area contributed by atoms with Crippen LogP contribution in [0.1, 0.15) is 38.5 Å². The van der Waals surface area contributed by atoms with E-state index in [1.807, 2.05) is 12.2 Å². The molecule has 0 amide bonds. The summed E-state index contributed by atoms with van der Waals surface area (Å²) in [5.41, 5.74) is 0. The minimum atomic E-state index is -0.471. The standard InChI is InChI=1S/C13H16O3/c1-10(15-11-6-2-3-7-11)13(14)16-12-8-4-5-9-12/h6,8H,1-5,7,9H2. The van der Waals surface area contributed by atoms with Crippen molar-refractivity contribution >= 4 is 5.97 Å². The van der Waals surface area contributed by atoms with Crippen LogP contribution in [-0.2, 0) is 14.3 Å². The van der Waals surface area contributed by atoms with E-state index >= 15 is 0 Å². The average Bonchev–Trinajstić information content (AvgIpc) is 2.90. The molecule has 0 aliphatic heterocycles. The Balaban J connectivity index is 1.82. The average molecular weight is 220 g/mol. The van der Waals surface area contributed by atoms with Gasteiger partial charge in [0.15, 0.2) is 0 Å². The summed E-state index contributed by atoms with van der Waals surface area (Å²) in [5.74, 6) is 1.19. The molecule has 0 fully saturated rings. The van der Waals surface area contributed by atoms with Gasteiger partial charge in [-0.2, -0.15) is 0 Å². The lowest BCUT2D eigenvalue weighted by atomic mass is 10.3. The van der Waals surface area contributed by atoms with Gasteiger partial charge in [0.05, 0.1) is 0 Å². The van der Waals surface area contributed by atoms with Crippen LogP contribution in [0.25, 0.3) is 0 Å². The maximum atomic E-state index is 11.6. The van der Waals surface area contributed by atoms with Gasteiger partial charge in [-0.05, 0) is 44.4 Å². The first-order chi connectivity index (χ1) is 7.75. The Morgan fingerprint density at radius 1 is 1.06 bits per heavy atom. The second-order valence-electron chi connectivity index (χ2n) is 4.04. The third kappa shape index (κ3) is 2.75. The highest BCUT2D eigenvalue weighted by molar-refractivity contribution is 5.86. The first kappa shape index (κ1) is 11.0. The quantitative estimate of drug-likeness (QED) is 0.414. The van der Waals surface area contributed by atoms with Gasteiger partial charge in [0.1, 0.15) is 11.5 Å². The van der Waals surface area contributed by atoms with Crippen LogP contribution >= 0.6 is 0 Å². The Kier molecular flexibility index (Phi) is 3.44. The van der Waals surface area contributed by atoms with Crippen molar-refractivity contribution in [1.82, 2.24) is 0 Å². The SMILES string of the molecule is C=C(OC1=CCCC1)C(=O)OC1=CCCC1. The van der Waals surface area contributed by atoms with Gasteiger partial charge in [0.25, 0.3) is 0 Å². The van der Waals surface area contributed by atoms with Gasteiger partial charge in [-0.15, -0.1) is 0 Å². The van der Waals surface area contributed by atoms with Crippen LogP contribution in [0, 0.1) is 0 Å². The number of carbonyl (C=O) groups is 1. The smallest absolute Gasteiger partial charge is 0.378 e. The van der Waals surface area contributed by atoms with Crippen molar-refractivity contribution < 1.29 is 14.3 Å². The number of esters is 1. The fourth-order valence-electron chi connectivity index (χ4n) is 1.84. The van der Waals surface area contributed by atoms with Crippen molar-refractivity contribution in [2.24, 2.45) is 0 Å². The molecule has 3 nitrogen and oxygen atoms in total. The molecule has 0 unspecified atom stereocenters. The molecular formula is C13H16O3. The highest BCUT2D eigenvalue weighted by atomic mass is 16.6. The van der Waals surface area contributed by atoms with Crippen molar-refractivity contribution in [2.45, 2.75) is 38.5 Å². The zero-order chi connectivity index (χ0) is 11.4. The lowest BCUT2D eigenvalue weighted by molar-refractivity contribution is -0.138. The maximum Gasteiger partial charge on any atom is 0.378 e. The summed E-state index contributed by atoms with van der Waals surface area (Å²) < 4.78 is 10.5. The summed E-state index contributed by atoms with van der Waals surface area (Å²) >= 11 is 0. The van der Waals surface area contributed by atoms with Gasteiger partial charge >= 0.3 is 5.97 Å². The lowest BCUT2D eigenvalue weighted by Gasteiger charge is -2.09. The molecule has 2 aliphatic rings. The summed E-state index contributed by atoms with van der Waals surface area (Å²) in [6.45, 7) is 3.60. The molecule has 2 aliphatic carbocycles. The van der Waals surface area contributed by atoms with E-state index in [1.165, 1.54) is 0 Å². The minimum absolute atomic E-state index is 0.0842. The molecule has 0 radical (unpaired) electrons. The van der Waals surface area contributed by atoms with E-state index in [-0.39, 0.29) is 5.76 Å². The summed E-state index contributed by atoms with van der Waals surface area (Å²) in [6.07, 6.45) is 9.80. The van der Waals surface area contributed by atoms with Crippen LogP contribution < -0.4 is 0 Å². The van der Waals surface area contributed by atoms with Crippen LogP contribution in [0.4, 0.5) is 0 Å². The van der Waals surface area contributed by atoms with Crippen molar-refractivity contribution in [3.63, 3.8) is 0 Å². The molecule has 0 bridgehead atoms. The topological polar surface area (TPSA) is 35.5 Å². The molecule has 0 saturated heterocycles. The van der Waals surface area contributed by atoms with E-state index in [1.54, 1.807) is 0 Å². The van der Waals surface area contributed by atoms with Gasteiger partial charge in [-0.3, -0.25) is 0 Å². The number of allylic oxidation sites excluding steroid dienone is 4. The molecule has 86 valence electrons. The Bertz CT molecular complexity index is 327. The zero-order valence-corrected chi connectivity index (χ0v) is 9.33. The predicted octanol–water partition coefficient (Wildman–Crippen LogP) is 3.20. The Morgan fingerprint density at radius 3 is 2.12 bits per heavy atom. The molecule has 0 heterocycles. The monoisotopic (exact) mass is 220 g/mol. The molecule has 16 heavy (non-hydrogen) atoms. The number of hydrogen-bond donors (Lipinski definition) is 0. The second kappa shape index (κ2) is 5.01. The molecule has 0 atom stereocenters. The van der Waals surface area contributed by atoms with E-state index in [9.17, 15) is 4.79 Å². The molecule has 0 aromatic rings. The maximum absolute atomic E-state index is 11.6. The number of ether oxygens (including phenoxy) is 2. The van der Waals surface area contributed by atoms with Crippen molar-refractivity contribution in [3.05, 3.63) is 36.0 Å². The van der Waals surface area contributed by atoms with E-state index in [0.29, 0.717) is 0 Å². The summed E-state index contributed by atoms with van der Waals surface area (Å²) in [6, 6.07) is 0. The summed E-state index contributed by atoms with van der Waals surface area (Å²) in [5, 5.41) is 0. The first-order valence-corrected chi connectivity index (χ1v) is 5.73. The van der Waals surface area contributed by atoms with Crippen LogP contribution in [0.3, 0.4) is 0 Å². The third-order valence-electron chi connectivity index (χ3n) is 2.70. The number of hydrogen-bond acceptors (Lipinski definition) is 3. The van der Waals surface area contributed by atoms with Crippen LogP contribution in [0.15, 0.2) is 36.0 Å².